The van der Waals surface area contributed by atoms with Crippen molar-refractivity contribution >= 4 is 110 Å². The zero-order valence-corrected chi connectivity index (χ0v) is 24.2. The number of benzene rings is 7. The lowest BCUT2D eigenvalue weighted by Gasteiger charge is -2.25. The number of rotatable bonds is 2. The zero-order chi connectivity index (χ0) is 27.7. The van der Waals surface area contributed by atoms with Crippen molar-refractivity contribution in [3.8, 4) is 22.3 Å². The first-order valence-electron chi connectivity index (χ1n) is 14.3. The highest BCUT2D eigenvalue weighted by Gasteiger charge is 2.22. The van der Waals surface area contributed by atoms with Crippen LogP contribution in [0.3, 0.4) is 0 Å². The Labute approximate surface area is 240 Å². The van der Waals surface area contributed by atoms with Crippen molar-refractivity contribution in [1.82, 2.24) is 0 Å². The van der Waals surface area contributed by atoms with E-state index in [-0.39, 0.29) is 0 Å². The van der Waals surface area contributed by atoms with E-state index in [1.807, 2.05) is 0 Å². The Morgan fingerprint density at radius 3 is 1.43 bits per heavy atom. The first kappa shape index (κ1) is 24.9. The molecule has 0 saturated heterocycles. The van der Waals surface area contributed by atoms with Gasteiger partial charge in [-0.3, -0.25) is 0 Å². The molecule has 40 heavy (non-hydrogen) atoms. The van der Waals surface area contributed by atoms with Gasteiger partial charge in [0.1, 0.15) is 39.2 Å². The van der Waals surface area contributed by atoms with Crippen LogP contribution >= 0.6 is 0 Å². The van der Waals surface area contributed by atoms with Crippen molar-refractivity contribution in [3.05, 3.63) is 103 Å². The van der Waals surface area contributed by atoms with Gasteiger partial charge in [-0.2, -0.15) is 0 Å². The summed E-state index contributed by atoms with van der Waals surface area (Å²) in [5.41, 5.74) is 13.6. The first-order valence-corrected chi connectivity index (χ1v) is 14.3. The van der Waals surface area contributed by atoms with Crippen LogP contribution < -0.4 is 27.3 Å². The molecular formula is C35H29B5. The minimum Gasteiger partial charge on any atom is -0.102 e. The summed E-state index contributed by atoms with van der Waals surface area (Å²) in [7, 11) is 11.4. The minimum absolute atomic E-state index is 1.28. The number of hydrogen-bond acceptors (Lipinski definition) is 0. The van der Waals surface area contributed by atoms with E-state index in [4.69, 9.17) is 0 Å². The first-order chi connectivity index (χ1) is 19.4. The van der Waals surface area contributed by atoms with Crippen LogP contribution in [-0.4, -0.2) is 39.2 Å². The maximum absolute atomic E-state index is 2.41. The molecule has 0 amide bonds. The maximum Gasteiger partial charge on any atom is 0.139 e. The Balaban J connectivity index is 1.72. The minimum atomic E-state index is 1.28. The number of hydrogen-bond donors (Lipinski definition) is 0. The molecule has 0 aliphatic heterocycles. The molecule has 0 heterocycles. The second kappa shape index (κ2) is 9.24. The van der Waals surface area contributed by atoms with Gasteiger partial charge in [0, 0.05) is 0 Å². The Hall–Kier alpha value is -4.10. The summed E-state index contributed by atoms with van der Waals surface area (Å²) in [6, 6.07) is 36.3. The highest BCUT2D eigenvalue weighted by atomic mass is 14.2. The fourth-order valence-corrected chi connectivity index (χ4v) is 6.99. The summed E-state index contributed by atoms with van der Waals surface area (Å²) >= 11 is 0. The zero-order valence-electron chi connectivity index (χ0n) is 24.2. The fourth-order valence-electron chi connectivity index (χ4n) is 6.99. The van der Waals surface area contributed by atoms with Gasteiger partial charge in [-0.25, -0.2) is 0 Å². The molecule has 0 saturated carbocycles. The van der Waals surface area contributed by atoms with Gasteiger partial charge in [-0.1, -0.05) is 107 Å². The van der Waals surface area contributed by atoms with Crippen molar-refractivity contribution in [2.45, 2.75) is 6.92 Å². The van der Waals surface area contributed by atoms with E-state index < -0.39 is 0 Å². The molecule has 184 valence electrons. The lowest BCUT2D eigenvalue weighted by molar-refractivity contribution is 1.51. The Kier molecular flexibility index (Phi) is 5.75. The van der Waals surface area contributed by atoms with Crippen molar-refractivity contribution < 1.29 is 0 Å². The second-order valence-corrected chi connectivity index (χ2v) is 11.5. The summed E-state index contributed by atoms with van der Waals surface area (Å²) in [5, 5.41) is 10.5. The van der Waals surface area contributed by atoms with E-state index in [0.29, 0.717) is 0 Å². The lowest BCUT2D eigenvalue weighted by Crippen LogP contribution is -2.55. The van der Waals surface area contributed by atoms with Crippen LogP contribution in [0.5, 0.6) is 0 Å². The summed E-state index contributed by atoms with van der Waals surface area (Å²) in [4.78, 5) is 0. The topological polar surface area (TPSA) is 0 Å². The van der Waals surface area contributed by atoms with E-state index >= 15 is 0 Å². The summed E-state index contributed by atoms with van der Waals surface area (Å²) in [6.07, 6.45) is 0. The van der Waals surface area contributed by atoms with Crippen LogP contribution in [0, 0.1) is 6.92 Å². The fraction of sp³-hybridized carbons (Fsp3) is 0.0286. The monoisotopic (exact) mass is 504 g/mol. The SMILES string of the molecule is Bc1c(B)c(B)c(-c2c3ccccc3c(-c3cc4ccccc4c4cc(C)ccc34)c3ccccc23)c(B)c1B. The third kappa shape index (κ3) is 3.53. The average Bonchev–Trinajstić information content (AvgIpc) is 2.98. The van der Waals surface area contributed by atoms with E-state index in [0.717, 1.165) is 0 Å². The van der Waals surface area contributed by atoms with Gasteiger partial charge in [0.15, 0.2) is 0 Å². The molecular weight excluding hydrogens is 474 g/mol. The molecule has 0 aromatic heterocycles. The van der Waals surface area contributed by atoms with E-state index in [9.17, 15) is 0 Å². The number of aryl methyl sites for hydroxylation is 1. The molecule has 0 fully saturated rings. The second-order valence-electron chi connectivity index (χ2n) is 11.5. The van der Waals surface area contributed by atoms with E-state index in [1.165, 1.54) is 98.2 Å². The van der Waals surface area contributed by atoms with Gasteiger partial charge >= 0.3 is 0 Å². The smallest absolute Gasteiger partial charge is 0.102 e. The third-order valence-corrected chi connectivity index (χ3v) is 9.47. The predicted octanol–water partition coefficient (Wildman–Crippen LogP) is 1.23. The quantitative estimate of drug-likeness (QED) is 0.189. The van der Waals surface area contributed by atoms with Crippen molar-refractivity contribution in [1.29, 1.82) is 0 Å². The highest BCUT2D eigenvalue weighted by Crippen LogP contribution is 2.45. The van der Waals surface area contributed by atoms with Crippen LogP contribution in [0.1, 0.15) is 5.56 Å². The van der Waals surface area contributed by atoms with Crippen molar-refractivity contribution in [2.24, 2.45) is 0 Å². The molecule has 0 nitrogen and oxygen atoms in total. The van der Waals surface area contributed by atoms with Crippen LogP contribution in [-0.2, 0) is 0 Å². The molecule has 0 aliphatic rings. The van der Waals surface area contributed by atoms with E-state index in [2.05, 4.69) is 143 Å². The van der Waals surface area contributed by atoms with Crippen molar-refractivity contribution in [3.63, 3.8) is 0 Å². The molecule has 0 bridgehead atoms. The van der Waals surface area contributed by atoms with Gasteiger partial charge in [0.25, 0.3) is 0 Å². The molecule has 7 aromatic carbocycles. The third-order valence-electron chi connectivity index (χ3n) is 9.47. The highest BCUT2D eigenvalue weighted by molar-refractivity contribution is 6.69. The normalized spacial score (nSPS) is 11.6. The van der Waals surface area contributed by atoms with Crippen LogP contribution in [0.4, 0.5) is 0 Å². The summed E-state index contributed by atoms with van der Waals surface area (Å²) in [5.74, 6) is 0. The molecule has 0 aliphatic carbocycles. The van der Waals surface area contributed by atoms with Crippen LogP contribution in [0.15, 0.2) is 97.1 Å². The van der Waals surface area contributed by atoms with Gasteiger partial charge in [0.2, 0.25) is 0 Å². The molecule has 0 atom stereocenters. The van der Waals surface area contributed by atoms with Crippen LogP contribution in [0.25, 0.3) is 65.3 Å². The molecule has 0 N–H and O–H groups in total. The Morgan fingerprint density at radius 2 is 0.850 bits per heavy atom. The molecule has 0 radical (unpaired) electrons. The van der Waals surface area contributed by atoms with Crippen molar-refractivity contribution in [2.75, 3.05) is 0 Å². The Morgan fingerprint density at radius 1 is 0.375 bits per heavy atom. The summed E-state index contributed by atoms with van der Waals surface area (Å²) in [6.45, 7) is 2.19. The van der Waals surface area contributed by atoms with Gasteiger partial charge in [-0.15, -0.1) is 16.4 Å². The lowest BCUT2D eigenvalue weighted by atomic mass is 9.59. The average molecular weight is 504 g/mol. The van der Waals surface area contributed by atoms with Gasteiger partial charge < -0.3 is 0 Å². The van der Waals surface area contributed by atoms with E-state index in [1.54, 1.807) is 0 Å². The standard InChI is InChI=1S/C35H29B5/c1-18-14-15-21-26(16-18)20-9-3-2-8-19(20)17-27(21)28-22-10-4-6-12-24(22)29(25-13-7-5-11-23(25)28)30-31(36)33(38)35(40)34(39)32(30)37/h2-17H,36-40H2,1H3. The molecule has 7 aromatic rings. The molecule has 0 unspecified atom stereocenters. The Bertz CT molecular complexity index is 2090. The predicted molar refractivity (Wildman–Crippen MR) is 193 cm³/mol. The van der Waals surface area contributed by atoms with Crippen LogP contribution in [0.2, 0.25) is 0 Å². The van der Waals surface area contributed by atoms with Gasteiger partial charge in [-0.05, 0) is 78.3 Å². The van der Waals surface area contributed by atoms with Gasteiger partial charge in [0.05, 0.1) is 0 Å². The number of fused-ring (bicyclic) bond motifs is 5. The largest absolute Gasteiger partial charge is 0.139 e. The molecule has 0 spiro atoms. The molecule has 5 heteroatoms. The summed E-state index contributed by atoms with van der Waals surface area (Å²) < 4.78 is 0. The molecule has 7 rings (SSSR count). The maximum atomic E-state index is 2.41.